The third-order valence-electron chi connectivity index (χ3n) is 4.28. The van der Waals surface area contributed by atoms with E-state index in [9.17, 15) is 9.59 Å². The van der Waals surface area contributed by atoms with E-state index in [0.717, 1.165) is 25.9 Å². The predicted octanol–water partition coefficient (Wildman–Crippen LogP) is 3.03. The topological polar surface area (TPSA) is 75.4 Å². The van der Waals surface area contributed by atoms with Crippen molar-refractivity contribution in [3.8, 4) is 0 Å². The second kappa shape index (κ2) is 6.86. The lowest BCUT2D eigenvalue weighted by Gasteiger charge is -2.15. The molecule has 6 heteroatoms. The summed E-state index contributed by atoms with van der Waals surface area (Å²) < 4.78 is 5.09. The van der Waals surface area contributed by atoms with Gasteiger partial charge in [0.05, 0.1) is 5.69 Å². The molecular formula is C18H21N3O3. The Balaban J connectivity index is 1.71. The molecule has 2 aromatic rings. The zero-order valence-corrected chi connectivity index (χ0v) is 14.0. The summed E-state index contributed by atoms with van der Waals surface area (Å²) in [4.78, 5) is 26.6. The number of nitrogens with one attached hydrogen (secondary N) is 1. The zero-order valence-electron chi connectivity index (χ0n) is 14.0. The third kappa shape index (κ3) is 3.18. The standard InChI is InChI=1S/C18H21N3O3/c1-3-15-16(12(2)24-20-15)17(22)19-14-8-6-13(7-9-14)18(23)21-10-4-5-11-21/h6-9H,3-5,10-11H2,1-2H3,(H,19,22). The fraction of sp³-hybridized carbons (Fsp3) is 0.389. The van der Waals surface area contributed by atoms with E-state index in [-0.39, 0.29) is 11.8 Å². The van der Waals surface area contributed by atoms with Crippen LogP contribution in [0.3, 0.4) is 0 Å². The largest absolute Gasteiger partial charge is 0.361 e. The van der Waals surface area contributed by atoms with Gasteiger partial charge in [-0.1, -0.05) is 12.1 Å². The van der Waals surface area contributed by atoms with Gasteiger partial charge in [0.1, 0.15) is 11.3 Å². The molecule has 2 heterocycles. The number of rotatable bonds is 4. The first-order valence-electron chi connectivity index (χ1n) is 8.26. The highest BCUT2D eigenvalue weighted by molar-refractivity contribution is 6.06. The molecule has 0 radical (unpaired) electrons. The summed E-state index contributed by atoms with van der Waals surface area (Å²) in [5.74, 6) is 0.308. The second-order valence-electron chi connectivity index (χ2n) is 5.94. The van der Waals surface area contributed by atoms with E-state index in [0.29, 0.717) is 34.7 Å². The summed E-state index contributed by atoms with van der Waals surface area (Å²) in [5, 5.41) is 6.72. The average molecular weight is 327 g/mol. The molecular weight excluding hydrogens is 306 g/mol. The van der Waals surface area contributed by atoms with Gasteiger partial charge in [0.15, 0.2) is 0 Å². The van der Waals surface area contributed by atoms with Crippen LogP contribution in [0.15, 0.2) is 28.8 Å². The van der Waals surface area contributed by atoms with Crippen LogP contribution in [-0.4, -0.2) is 35.0 Å². The number of hydrogen-bond donors (Lipinski definition) is 1. The van der Waals surface area contributed by atoms with E-state index in [1.165, 1.54) is 0 Å². The summed E-state index contributed by atoms with van der Waals surface area (Å²) in [6, 6.07) is 6.99. The van der Waals surface area contributed by atoms with E-state index in [1.54, 1.807) is 31.2 Å². The molecule has 1 aliphatic heterocycles. The molecule has 1 aliphatic rings. The molecule has 1 fully saturated rings. The molecule has 0 atom stereocenters. The summed E-state index contributed by atoms with van der Waals surface area (Å²) in [6.07, 6.45) is 2.76. The van der Waals surface area contributed by atoms with Gasteiger partial charge < -0.3 is 14.7 Å². The number of likely N-dealkylation sites (tertiary alicyclic amines) is 1. The van der Waals surface area contributed by atoms with Crippen molar-refractivity contribution in [2.75, 3.05) is 18.4 Å². The van der Waals surface area contributed by atoms with Gasteiger partial charge in [-0.25, -0.2) is 0 Å². The van der Waals surface area contributed by atoms with E-state index >= 15 is 0 Å². The van der Waals surface area contributed by atoms with Gasteiger partial charge in [-0.2, -0.15) is 0 Å². The van der Waals surface area contributed by atoms with Crippen LogP contribution in [0, 0.1) is 6.92 Å². The number of aryl methyl sites for hydroxylation is 2. The van der Waals surface area contributed by atoms with Gasteiger partial charge in [-0.3, -0.25) is 9.59 Å². The van der Waals surface area contributed by atoms with Crippen LogP contribution in [-0.2, 0) is 6.42 Å². The van der Waals surface area contributed by atoms with Crippen molar-refractivity contribution in [2.45, 2.75) is 33.1 Å². The number of amides is 2. The Morgan fingerprint density at radius 3 is 2.50 bits per heavy atom. The molecule has 0 spiro atoms. The van der Waals surface area contributed by atoms with Crippen LogP contribution in [0.5, 0.6) is 0 Å². The maximum atomic E-state index is 12.4. The minimum Gasteiger partial charge on any atom is -0.361 e. The minimum atomic E-state index is -0.246. The smallest absolute Gasteiger partial charge is 0.261 e. The number of carbonyl (C=O) groups is 2. The first-order chi connectivity index (χ1) is 11.6. The van der Waals surface area contributed by atoms with Gasteiger partial charge in [0.2, 0.25) is 0 Å². The number of carbonyl (C=O) groups excluding carboxylic acids is 2. The minimum absolute atomic E-state index is 0.0496. The normalized spacial score (nSPS) is 14.0. The van der Waals surface area contributed by atoms with Crippen LogP contribution in [0.4, 0.5) is 5.69 Å². The van der Waals surface area contributed by atoms with Crippen molar-refractivity contribution in [3.05, 3.63) is 46.8 Å². The van der Waals surface area contributed by atoms with Crippen molar-refractivity contribution in [2.24, 2.45) is 0 Å². The molecule has 0 unspecified atom stereocenters. The van der Waals surface area contributed by atoms with E-state index in [4.69, 9.17) is 4.52 Å². The van der Waals surface area contributed by atoms with E-state index < -0.39 is 0 Å². The summed E-state index contributed by atoms with van der Waals surface area (Å²) in [5.41, 5.74) is 2.41. The van der Waals surface area contributed by atoms with Crippen molar-refractivity contribution in [1.82, 2.24) is 10.1 Å². The lowest BCUT2D eigenvalue weighted by molar-refractivity contribution is 0.0792. The van der Waals surface area contributed by atoms with Crippen molar-refractivity contribution >= 4 is 17.5 Å². The van der Waals surface area contributed by atoms with Gasteiger partial charge >= 0.3 is 0 Å². The Morgan fingerprint density at radius 1 is 1.21 bits per heavy atom. The second-order valence-corrected chi connectivity index (χ2v) is 5.94. The number of hydrogen-bond acceptors (Lipinski definition) is 4. The Kier molecular flexibility index (Phi) is 4.64. The van der Waals surface area contributed by atoms with E-state index in [2.05, 4.69) is 10.5 Å². The van der Waals surface area contributed by atoms with Gasteiger partial charge in [0.25, 0.3) is 11.8 Å². The number of anilines is 1. The Hall–Kier alpha value is -2.63. The Bertz CT molecular complexity index is 743. The maximum Gasteiger partial charge on any atom is 0.261 e. The lowest BCUT2D eigenvalue weighted by atomic mass is 10.1. The summed E-state index contributed by atoms with van der Waals surface area (Å²) in [7, 11) is 0. The lowest BCUT2D eigenvalue weighted by Crippen LogP contribution is -2.27. The number of nitrogens with zero attached hydrogens (tertiary/aromatic N) is 2. The monoisotopic (exact) mass is 327 g/mol. The van der Waals surface area contributed by atoms with Crippen LogP contribution in [0.2, 0.25) is 0 Å². The molecule has 6 nitrogen and oxygen atoms in total. The fourth-order valence-corrected chi connectivity index (χ4v) is 2.94. The predicted molar refractivity (Wildman–Crippen MR) is 90.2 cm³/mol. The number of benzene rings is 1. The van der Waals surface area contributed by atoms with E-state index in [1.807, 2.05) is 11.8 Å². The first-order valence-corrected chi connectivity index (χ1v) is 8.26. The summed E-state index contributed by atoms with van der Waals surface area (Å²) in [6.45, 7) is 5.29. The Labute approximate surface area is 140 Å². The van der Waals surface area contributed by atoms with Gasteiger partial charge in [-0.05, 0) is 50.5 Å². The van der Waals surface area contributed by atoms with Crippen molar-refractivity contribution in [1.29, 1.82) is 0 Å². The molecule has 0 bridgehead atoms. The maximum absolute atomic E-state index is 12.4. The molecule has 1 saturated heterocycles. The SMILES string of the molecule is CCc1noc(C)c1C(=O)Nc1ccc(C(=O)N2CCCC2)cc1. The molecule has 2 amide bonds. The summed E-state index contributed by atoms with van der Waals surface area (Å²) >= 11 is 0. The molecule has 1 aromatic heterocycles. The molecule has 0 aliphatic carbocycles. The molecule has 126 valence electrons. The quantitative estimate of drug-likeness (QED) is 0.936. The van der Waals surface area contributed by atoms with Gasteiger partial charge in [-0.15, -0.1) is 0 Å². The zero-order chi connectivity index (χ0) is 17.1. The molecule has 24 heavy (non-hydrogen) atoms. The molecule has 1 aromatic carbocycles. The molecule has 1 N–H and O–H groups in total. The molecule has 3 rings (SSSR count). The Morgan fingerprint density at radius 2 is 1.88 bits per heavy atom. The van der Waals surface area contributed by atoms with Crippen LogP contribution >= 0.6 is 0 Å². The van der Waals surface area contributed by atoms with Crippen LogP contribution in [0.1, 0.15) is 51.9 Å². The van der Waals surface area contributed by atoms with Crippen LogP contribution < -0.4 is 5.32 Å². The average Bonchev–Trinajstić information content (AvgIpc) is 3.24. The number of aromatic nitrogens is 1. The fourth-order valence-electron chi connectivity index (χ4n) is 2.94. The highest BCUT2D eigenvalue weighted by atomic mass is 16.5. The third-order valence-corrected chi connectivity index (χ3v) is 4.28. The van der Waals surface area contributed by atoms with Gasteiger partial charge in [0, 0.05) is 24.3 Å². The van der Waals surface area contributed by atoms with Crippen LogP contribution in [0.25, 0.3) is 0 Å². The first kappa shape index (κ1) is 16.2. The van der Waals surface area contributed by atoms with Crippen molar-refractivity contribution < 1.29 is 14.1 Å². The van der Waals surface area contributed by atoms with Crippen molar-refractivity contribution in [3.63, 3.8) is 0 Å². The highest BCUT2D eigenvalue weighted by Crippen LogP contribution is 2.18. The molecule has 0 saturated carbocycles. The highest BCUT2D eigenvalue weighted by Gasteiger charge is 2.21.